The van der Waals surface area contributed by atoms with Crippen molar-refractivity contribution in [3.63, 3.8) is 0 Å². The van der Waals surface area contributed by atoms with Gasteiger partial charge in [0, 0.05) is 16.8 Å². The zero-order valence-electron chi connectivity index (χ0n) is 18.1. The summed E-state index contributed by atoms with van der Waals surface area (Å²) in [6.45, 7) is 1.47. The fraction of sp³-hybridized carbons (Fsp3) is 0.286. The number of nitrogens with one attached hydrogen (secondary N) is 3. The normalized spacial score (nSPS) is 11.7. The SMILES string of the molecule is COc1cc(C(=O)N[C@H](NC(=S)Nc2ccc(C(C)=O)cc2)C(Cl)(Cl)Cl)cc(OC)c1OC. The fourth-order valence-corrected chi connectivity index (χ4v) is 3.28. The Labute approximate surface area is 211 Å². The highest BCUT2D eigenvalue weighted by Gasteiger charge is 2.35. The Hall–Kier alpha value is -2.46. The standard InChI is InChI=1S/C21H22Cl3N3O5S/c1-11(28)12-5-7-14(8-6-12)25-20(33)27-19(21(22,23)24)26-18(29)13-9-15(30-2)17(32-4)16(10-13)31-3/h5-10,19H,1-4H3,(H,26,29)(H2,25,27,33)/t19-/m1/s1. The van der Waals surface area contributed by atoms with Gasteiger partial charge in [0.05, 0.1) is 21.3 Å². The van der Waals surface area contributed by atoms with Crippen molar-refractivity contribution in [2.75, 3.05) is 26.6 Å². The second-order valence-electron chi connectivity index (χ2n) is 6.59. The van der Waals surface area contributed by atoms with E-state index in [1.165, 1.54) is 40.4 Å². The number of methoxy groups -OCH3 is 3. The quantitative estimate of drug-likeness (QED) is 0.199. The third-order valence-corrected chi connectivity index (χ3v) is 5.23. The summed E-state index contributed by atoms with van der Waals surface area (Å²) in [6.07, 6.45) is -1.20. The summed E-state index contributed by atoms with van der Waals surface area (Å²) in [5, 5.41) is 8.32. The molecule has 0 spiro atoms. The molecular formula is C21H22Cl3N3O5S. The van der Waals surface area contributed by atoms with E-state index in [2.05, 4.69) is 16.0 Å². The summed E-state index contributed by atoms with van der Waals surface area (Å²) in [5.74, 6) is 0.242. The van der Waals surface area contributed by atoms with Crippen LogP contribution in [-0.2, 0) is 0 Å². The van der Waals surface area contributed by atoms with Gasteiger partial charge in [-0.05, 0) is 55.5 Å². The van der Waals surface area contributed by atoms with E-state index in [4.69, 9.17) is 61.2 Å². The number of carbonyl (C=O) groups is 2. The van der Waals surface area contributed by atoms with E-state index < -0.39 is 15.9 Å². The molecule has 0 aliphatic rings. The number of carbonyl (C=O) groups excluding carboxylic acids is 2. The van der Waals surface area contributed by atoms with Gasteiger partial charge in [-0.15, -0.1) is 0 Å². The van der Waals surface area contributed by atoms with E-state index in [0.717, 1.165) is 0 Å². The van der Waals surface area contributed by atoms with Crippen molar-refractivity contribution < 1.29 is 23.8 Å². The zero-order chi connectivity index (χ0) is 24.8. The molecule has 0 bridgehead atoms. The first-order valence-electron chi connectivity index (χ1n) is 9.36. The Balaban J connectivity index is 2.18. The number of Topliss-reactive ketones (excluding diaryl/α,β-unsaturated/α-hetero) is 1. The first kappa shape index (κ1) is 26.8. The summed E-state index contributed by atoms with van der Waals surface area (Å²) in [6, 6.07) is 9.55. The van der Waals surface area contributed by atoms with E-state index in [1.807, 2.05) is 0 Å². The van der Waals surface area contributed by atoms with Gasteiger partial charge in [-0.1, -0.05) is 34.8 Å². The van der Waals surface area contributed by atoms with Gasteiger partial charge in [-0.25, -0.2) is 0 Å². The fourth-order valence-electron chi connectivity index (χ4n) is 2.71. The van der Waals surface area contributed by atoms with Gasteiger partial charge >= 0.3 is 0 Å². The second kappa shape index (κ2) is 11.6. The molecule has 12 heteroatoms. The Morgan fingerprint density at radius 3 is 1.88 bits per heavy atom. The van der Waals surface area contributed by atoms with E-state index >= 15 is 0 Å². The molecule has 0 aromatic heterocycles. The highest BCUT2D eigenvalue weighted by atomic mass is 35.6. The van der Waals surface area contributed by atoms with Gasteiger partial charge in [-0.3, -0.25) is 9.59 Å². The molecule has 33 heavy (non-hydrogen) atoms. The van der Waals surface area contributed by atoms with Crippen LogP contribution >= 0.6 is 47.0 Å². The van der Waals surface area contributed by atoms with Crippen molar-refractivity contribution in [3.05, 3.63) is 47.5 Å². The first-order valence-corrected chi connectivity index (χ1v) is 10.9. The minimum absolute atomic E-state index is 0.0620. The molecule has 0 aliphatic heterocycles. The molecule has 0 unspecified atom stereocenters. The Morgan fingerprint density at radius 1 is 0.909 bits per heavy atom. The first-order chi connectivity index (χ1) is 15.5. The number of amides is 1. The highest BCUT2D eigenvalue weighted by Crippen LogP contribution is 2.38. The Kier molecular flexibility index (Phi) is 9.42. The van der Waals surface area contributed by atoms with Crippen LogP contribution in [0.15, 0.2) is 36.4 Å². The average Bonchev–Trinajstić information content (AvgIpc) is 2.77. The lowest BCUT2D eigenvalue weighted by Crippen LogP contribution is -2.56. The van der Waals surface area contributed by atoms with Crippen molar-refractivity contribution in [1.29, 1.82) is 0 Å². The summed E-state index contributed by atoms with van der Waals surface area (Å²) in [5.41, 5.74) is 1.32. The van der Waals surface area contributed by atoms with Crippen LogP contribution < -0.4 is 30.2 Å². The van der Waals surface area contributed by atoms with Gasteiger partial charge in [0.2, 0.25) is 9.54 Å². The summed E-state index contributed by atoms with van der Waals surface area (Å²) in [7, 11) is 4.31. The minimum Gasteiger partial charge on any atom is -0.493 e. The number of halogens is 3. The van der Waals surface area contributed by atoms with E-state index in [0.29, 0.717) is 17.0 Å². The number of alkyl halides is 3. The van der Waals surface area contributed by atoms with Crippen LogP contribution in [0.25, 0.3) is 0 Å². The largest absolute Gasteiger partial charge is 0.493 e. The maximum Gasteiger partial charge on any atom is 0.253 e. The van der Waals surface area contributed by atoms with E-state index in [-0.39, 0.29) is 28.0 Å². The number of thiocarbonyl (C=S) groups is 1. The molecule has 0 heterocycles. The van der Waals surface area contributed by atoms with E-state index in [1.54, 1.807) is 24.3 Å². The molecule has 178 valence electrons. The predicted molar refractivity (Wildman–Crippen MR) is 133 cm³/mol. The van der Waals surface area contributed by atoms with Crippen LogP contribution in [0.5, 0.6) is 17.2 Å². The van der Waals surface area contributed by atoms with Crippen LogP contribution in [0.1, 0.15) is 27.6 Å². The number of rotatable bonds is 8. The van der Waals surface area contributed by atoms with Crippen molar-refractivity contribution >= 4 is 69.5 Å². The molecule has 0 aliphatic carbocycles. The van der Waals surface area contributed by atoms with Gasteiger partial charge in [0.25, 0.3) is 5.91 Å². The lowest BCUT2D eigenvalue weighted by Gasteiger charge is -2.28. The average molecular weight is 535 g/mol. The third-order valence-electron chi connectivity index (χ3n) is 4.35. The van der Waals surface area contributed by atoms with Gasteiger partial charge in [0.1, 0.15) is 6.17 Å². The van der Waals surface area contributed by atoms with Crippen molar-refractivity contribution in [3.8, 4) is 17.2 Å². The molecule has 1 atom stereocenters. The molecule has 0 saturated carbocycles. The molecule has 2 rings (SSSR count). The number of ether oxygens (including phenoxy) is 3. The molecule has 0 radical (unpaired) electrons. The maximum atomic E-state index is 12.9. The summed E-state index contributed by atoms with van der Waals surface area (Å²) in [4.78, 5) is 24.3. The Morgan fingerprint density at radius 2 is 1.45 bits per heavy atom. The van der Waals surface area contributed by atoms with Crippen LogP contribution in [0.4, 0.5) is 5.69 Å². The molecule has 2 aromatic rings. The lowest BCUT2D eigenvalue weighted by atomic mass is 10.1. The van der Waals surface area contributed by atoms with Crippen LogP contribution in [0, 0.1) is 0 Å². The van der Waals surface area contributed by atoms with Gasteiger partial charge in [-0.2, -0.15) is 0 Å². The third kappa shape index (κ3) is 7.26. The molecule has 1 amide bonds. The number of benzene rings is 2. The monoisotopic (exact) mass is 533 g/mol. The Bertz CT molecular complexity index is 1000. The topological polar surface area (TPSA) is 97.9 Å². The zero-order valence-corrected chi connectivity index (χ0v) is 21.2. The number of anilines is 1. The van der Waals surface area contributed by atoms with Crippen LogP contribution in [0.3, 0.4) is 0 Å². The molecule has 0 fully saturated rings. The molecule has 3 N–H and O–H groups in total. The van der Waals surface area contributed by atoms with Crippen molar-refractivity contribution in [1.82, 2.24) is 10.6 Å². The van der Waals surface area contributed by atoms with Crippen LogP contribution in [0.2, 0.25) is 0 Å². The van der Waals surface area contributed by atoms with Gasteiger partial charge < -0.3 is 30.2 Å². The van der Waals surface area contributed by atoms with Crippen LogP contribution in [-0.4, -0.2) is 48.1 Å². The predicted octanol–water partition coefficient (Wildman–Crippen LogP) is 4.33. The summed E-state index contributed by atoms with van der Waals surface area (Å²) < 4.78 is 13.8. The minimum atomic E-state index is -1.96. The number of hydrogen-bond acceptors (Lipinski definition) is 6. The molecular weight excluding hydrogens is 513 g/mol. The lowest BCUT2D eigenvalue weighted by molar-refractivity contribution is 0.0933. The van der Waals surface area contributed by atoms with Crippen molar-refractivity contribution in [2.45, 2.75) is 16.9 Å². The smallest absolute Gasteiger partial charge is 0.253 e. The highest BCUT2D eigenvalue weighted by molar-refractivity contribution is 7.80. The van der Waals surface area contributed by atoms with Crippen molar-refractivity contribution in [2.24, 2.45) is 0 Å². The maximum absolute atomic E-state index is 12.9. The number of hydrogen-bond donors (Lipinski definition) is 3. The second-order valence-corrected chi connectivity index (χ2v) is 9.37. The summed E-state index contributed by atoms with van der Waals surface area (Å²) >= 11 is 23.4. The number of ketones is 1. The molecule has 0 saturated heterocycles. The molecule has 8 nitrogen and oxygen atoms in total. The van der Waals surface area contributed by atoms with Gasteiger partial charge in [0.15, 0.2) is 22.4 Å². The van der Waals surface area contributed by atoms with E-state index in [9.17, 15) is 9.59 Å². The molecule has 2 aromatic carbocycles.